The lowest BCUT2D eigenvalue weighted by Crippen LogP contribution is -2.06. The fourth-order valence-corrected chi connectivity index (χ4v) is 1.90. The van der Waals surface area contributed by atoms with Gasteiger partial charge in [-0.05, 0) is 25.0 Å². The van der Waals surface area contributed by atoms with Crippen LogP contribution in [0.15, 0.2) is 30.3 Å². The molecule has 1 heterocycles. The maximum atomic E-state index is 10.7. The molecule has 2 aromatic rings. The number of benzene rings is 1. The maximum absolute atomic E-state index is 10.7. The Morgan fingerprint density at radius 3 is 2.47 bits per heavy atom. The SMILES string of the molecule is CCc1ccc(-c2cc(C)nc(CC(=O)O)n2)cc1. The third kappa shape index (κ3) is 3.37. The van der Waals surface area contributed by atoms with Crippen molar-refractivity contribution in [1.29, 1.82) is 0 Å². The molecule has 0 bridgehead atoms. The lowest BCUT2D eigenvalue weighted by molar-refractivity contribution is -0.136. The Balaban J connectivity index is 2.37. The highest BCUT2D eigenvalue weighted by Gasteiger charge is 2.08. The van der Waals surface area contributed by atoms with Crippen LogP contribution in [0.4, 0.5) is 0 Å². The van der Waals surface area contributed by atoms with Crippen LogP contribution in [0.3, 0.4) is 0 Å². The zero-order valence-electron chi connectivity index (χ0n) is 11.1. The topological polar surface area (TPSA) is 63.1 Å². The Morgan fingerprint density at radius 2 is 1.89 bits per heavy atom. The van der Waals surface area contributed by atoms with Crippen molar-refractivity contribution >= 4 is 5.97 Å². The third-order valence-electron chi connectivity index (χ3n) is 2.87. The van der Waals surface area contributed by atoms with Crippen molar-refractivity contribution < 1.29 is 9.90 Å². The summed E-state index contributed by atoms with van der Waals surface area (Å²) >= 11 is 0. The smallest absolute Gasteiger partial charge is 0.311 e. The zero-order valence-corrected chi connectivity index (χ0v) is 11.1. The highest BCUT2D eigenvalue weighted by Crippen LogP contribution is 2.19. The second kappa shape index (κ2) is 5.61. The second-order valence-corrected chi connectivity index (χ2v) is 4.43. The van der Waals surface area contributed by atoms with E-state index in [9.17, 15) is 4.79 Å². The first-order chi connectivity index (χ1) is 9.08. The Hall–Kier alpha value is -2.23. The van der Waals surface area contributed by atoms with E-state index >= 15 is 0 Å². The fraction of sp³-hybridized carbons (Fsp3) is 0.267. The van der Waals surface area contributed by atoms with Crippen LogP contribution in [-0.2, 0) is 17.6 Å². The molecule has 0 fully saturated rings. The Bertz CT molecular complexity index is 592. The van der Waals surface area contributed by atoms with Gasteiger partial charge in [0, 0.05) is 11.3 Å². The van der Waals surface area contributed by atoms with Crippen LogP contribution < -0.4 is 0 Å². The standard InChI is InChI=1S/C15H16N2O2/c1-3-11-4-6-12(7-5-11)13-8-10(2)16-14(17-13)9-15(18)19/h4-8H,3,9H2,1-2H3,(H,18,19). The molecule has 0 aliphatic carbocycles. The van der Waals surface area contributed by atoms with Gasteiger partial charge in [0.05, 0.1) is 5.69 Å². The lowest BCUT2D eigenvalue weighted by Gasteiger charge is -2.06. The molecule has 4 nitrogen and oxygen atoms in total. The average molecular weight is 256 g/mol. The van der Waals surface area contributed by atoms with E-state index in [1.807, 2.05) is 25.1 Å². The zero-order chi connectivity index (χ0) is 13.8. The number of nitrogens with zero attached hydrogens (tertiary/aromatic N) is 2. The van der Waals surface area contributed by atoms with E-state index in [1.54, 1.807) is 0 Å². The van der Waals surface area contributed by atoms with Crippen molar-refractivity contribution in [3.63, 3.8) is 0 Å². The van der Waals surface area contributed by atoms with Gasteiger partial charge in [0.25, 0.3) is 0 Å². The number of hydrogen-bond acceptors (Lipinski definition) is 3. The largest absolute Gasteiger partial charge is 0.481 e. The van der Waals surface area contributed by atoms with Gasteiger partial charge in [0.15, 0.2) is 0 Å². The van der Waals surface area contributed by atoms with E-state index in [1.165, 1.54) is 5.56 Å². The highest BCUT2D eigenvalue weighted by molar-refractivity contribution is 5.69. The minimum atomic E-state index is -0.919. The molecule has 0 amide bonds. The van der Waals surface area contributed by atoms with Gasteiger partial charge >= 0.3 is 5.97 Å². The van der Waals surface area contributed by atoms with Crippen LogP contribution in [0.1, 0.15) is 24.0 Å². The fourth-order valence-electron chi connectivity index (χ4n) is 1.90. The first-order valence-electron chi connectivity index (χ1n) is 6.24. The van der Waals surface area contributed by atoms with Gasteiger partial charge in [-0.1, -0.05) is 31.2 Å². The summed E-state index contributed by atoms with van der Waals surface area (Å²) in [6, 6.07) is 10.00. The number of aromatic nitrogens is 2. The van der Waals surface area contributed by atoms with Crippen molar-refractivity contribution in [3.05, 3.63) is 47.4 Å². The van der Waals surface area contributed by atoms with Crippen LogP contribution in [0.2, 0.25) is 0 Å². The number of carbonyl (C=O) groups is 1. The molecule has 1 aromatic carbocycles. The van der Waals surface area contributed by atoms with E-state index in [4.69, 9.17) is 5.11 Å². The molecule has 4 heteroatoms. The molecule has 0 saturated carbocycles. The Labute approximate surface area is 112 Å². The van der Waals surface area contributed by atoms with Gasteiger partial charge in [-0.3, -0.25) is 4.79 Å². The molecule has 19 heavy (non-hydrogen) atoms. The van der Waals surface area contributed by atoms with Crippen molar-refractivity contribution in [3.8, 4) is 11.3 Å². The first kappa shape index (κ1) is 13.2. The Kier molecular flexibility index (Phi) is 3.90. The predicted molar refractivity (Wildman–Crippen MR) is 72.9 cm³/mol. The van der Waals surface area contributed by atoms with Crippen molar-refractivity contribution in [2.75, 3.05) is 0 Å². The maximum Gasteiger partial charge on any atom is 0.311 e. The second-order valence-electron chi connectivity index (χ2n) is 4.43. The molecule has 98 valence electrons. The summed E-state index contributed by atoms with van der Waals surface area (Å²) in [6.07, 6.45) is 0.842. The van der Waals surface area contributed by atoms with Gasteiger partial charge < -0.3 is 5.11 Å². The minimum absolute atomic E-state index is 0.151. The number of carboxylic acids is 1. The number of rotatable bonds is 4. The van der Waals surface area contributed by atoms with Gasteiger partial charge in [-0.25, -0.2) is 9.97 Å². The first-order valence-corrected chi connectivity index (χ1v) is 6.24. The molecule has 0 aliphatic rings. The van der Waals surface area contributed by atoms with Crippen LogP contribution in [0, 0.1) is 6.92 Å². The third-order valence-corrected chi connectivity index (χ3v) is 2.87. The van der Waals surface area contributed by atoms with E-state index in [0.717, 1.165) is 23.4 Å². The van der Waals surface area contributed by atoms with E-state index in [2.05, 4.69) is 29.0 Å². The van der Waals surface area contributed by atoms with Crippen molar-refractivity contribution in [2.24, 2.45) is 0 Å². The molecule has 0 atom stereocenters. The molecule has 0 radical (unpaired) electrons. The van der Waals surface area contributed by atoms with Gasteiger partial charge in [-0.15, -0.1) is 0 Å². The number of aryl methyl sites for hydroxylation is 2. The average Bonchev–Trinajstić information content (AvgIpc) is 2.37. The summed E-state index contributed by atoms with van der Waals surface area (Å²) in [5.74, 6) is -0.569. The monoisotopic (exact) mass is 256 g/mol. The molecule has 0 spiro atoms. The van der Waals surface area contributed by atoms with Gasteiger partial charge in [0.1, 0.15) is 12.2 Å². The number of carboxylic acid groups (broad SMARTS) is 1. The molecule has 2 rings (SSSR count). The summed E-state index contributed by atoms with van der Waals surface area (Å²) < 4.78 is 0. The van der Waals surface area contributed by atoms with Crippen LogP contribution in [0.25, 0.3) is 11.3 Å². The van der Waals surface area contributed by atoms with E-state index in [0.29, 0.717) is 5.82 Å². The highest BCUT2D eigenvalue weighted by atomic mass is 16.4. The molecule has 1 aromatic heterocycles. The molecule has 0 unspecified atom stereocenters. The van der Waals surface area contributed by atoms with Crippen LogP contribution >= 0.6 is 0 Å². The Morgan fingerprint density at radius 1 is 1.21 bits per heavy atom. The molecular weight excluding hydrogens is 240 g/mol. The van der Waals surface area contributed by atoms with Crippen LogP contribution in [-0.4, -0.2) is 21.0 Å². The molecule has 0 aliphatic heterocycles. The summed E-state index contributed by atoms with van der Waals surface area (Å²) in [5, 5.41) is 8.81. The number of aliphatic carboxylic acids is 1. The lowest BCUT2D eigenvalue weighted by atomic mass is 10.1. The summed E-state index contributed by atoms with van der Waals surface area (Å²) in [6.45, 7) is 3.95. The minimum Gasteiger partial charge on any atom is -0.481 e. The predicted octanol–water partition coefficient (Wildman–Crippen LogP) is 2.64. The van der Waals surface area contributed by atoms with E-state index < -0.39 is 5.97 Å². The molecule has 0 saturated heterocycles. The molecular formula is C15H16N2O2. The summed E-state index contributed by atoms with van der Waals surface area (Å²) in [5.41, 5.74) is 3.79. The summed E-state index contributed by atoms with van der Waals surface area (Å²) in [7, 11) is 0. The normalized spacial score (nSPS) is 10.4. The van der Waals surface area contributed by atoms with Crippen molar-refractivity contribution in [1.82, 2.24) is 9.97 Å². The molecule has 1 N–H and O–H groups in total. The number of hydrogen-bond donors (Lipinski definition) is 1. The van der Waals surface area contributed by atoms with Crippen LogP contribution in [0.5, 0.6) is 0 Å². The van der Waals surface area contributed by atoms with Gasteiger partial charge in [0.2, 0.25) is 0 Å². The summed E-state index contributed by atoms with van der Waals surface area (Å²) in [4.78, 5) is 19.2. The van der Waals surface area contributed by atoms with Gasteiger partial charge in [-0.2, -0.15) is 0 Å². The van der Waals surface area contributed by atoms with E-state index in [-0.39, 0.29) is 6.42 Å². The quantitative estimate of drug-likeness (QED) is 0.913. The van der Waals surface area contributed by atoms with Crippen molar-refractivity contribution in [2.45, 2.75) is 26.7 Å².